The summed E-state index contributed by atoms with van der Waals surface area (Å²) >= 11 is -2.18. The van der Waals surface area contributed by atoms with Gasteiger partial charge in [0, 0.05) is 5.69 Å². The molecule has 1 aromatic rings. The number of anilines is 1. The molecule has 1 aromatic carbocycles. The van der Waals surface area contributed by atoms with E-state index >= 15 is 0 Å². The molecule has 5 nitrogen and oxygen atoms in total. The van der Waals surface area contributed by atoms with Crippen molar-refractivity contribution in [3.8, 4) is 0 Å². The largest absolute Gasteiger partial charge is 0.478 e. The number of rotatable bonds is 2. The molecule has 0 aliphatic carbocycles. The smallest absolute Gasteiger partial charge is 0.337 e. The van der Waals surface area contributed by atoms with Crippen LogP contribution in [0.3, 0.4) is 0 Å². The lowest BCUT2D eigenvalue weighted by Crippen LogP contribution is -2.03. The van der Waals surface area contributed by atoms with Gasteiger partial charge >= 0.3 is 5.97 Å². The molecule has 70 valence electrons. The molecule has 0 aliphatic rings. The number of benzene rings is 1. The third-order valence-electron chi connectivity index (χ3n) is 1.46. The highest BCUT2D eigenvalue weighted by Gasteiger charge is 2.10. The van der Waals surface area contributed by atoms with E-state index in [2.05, 4.69) is 0 Å². The number of carboxylic acids is 1. The number of hydrogen-bond acceptors (Lipinski definition) is 3. The Hall–Kier alpha value is -1.40. The molecule has 6 heteroatoms. The maximum Gasteiger partial charge on any atom is 0.337 e. The third kappa shape index (κ3) is 2.04. The van der Waals surface area contributed by atoms with Crippen LogP contribution in [0.2, 0.25) is 0 Å². The van der Waals surface area contributed by atoms with E-state index in [0.717, 1.165) is 6.07 Å². The number of nitrogens with two attached hydrogens (primary N) is 1. The van der Waals surface area contributed by atoms with E-state index in [1.807, 2.05) is 0 Å². The van der Waals surface area contributed by atoms with Gasteiger partial charge < -0.3 is 15.4 Å². The maximum atomic E-state index is 10.6. The summed E-state index contributed by atoms with van der Waals surface area (Å²) in [6, 6.07) is 3.67. The van der Waals surface area contributed by atoms with Gasteiger partial charge in [-0.2, -0.15) is 0 Å². The lowest BCUT2D eigenvalue weighted by molar-refractivity contribution is 0.0698. The monoisotopic (exact) mass is 201 g/mol. The number of nitrogen functional groups attached to an aromatic ring is 1. The summed E-state index contributed by atoms with van der Waals surface area (Å²) in [5.41, 5.74) is 5.23. The quantitative estimate of drug-likeness (QED) is 0.479. The van der Waals surface area contributed by atoms with Crippen molar-refractivity contribution in [3.05, 3.63) is 23.8 Å². The maximum absolute atomic E-state index is 10.6. The van der Waals surface area contributed by atoms with Crippen LogP contribution >= 0.6 is 0 Å². The average molecular weight is 201 g/mol. The number of aromatic carboxylic acids is 1. The normalized spacial score (nSPS) is 12.4. The van der Waals surface area contributed by atoms with Crippen LogP contribution in [0.4, 0.5) is 5.69 Å². The van der Waals surface area contributed by atoms with E-state index < -0.39 is 17.0 Å². The Labute approximate surface area is 76.5 Å². The molecule has 0 spiro atoms. The van der Waals surface area contributed by atoms with E-state index in [-0.39, 0.29) is 16.1 Å². The molecule has 0 radical (unpaired) electrons. The molecule has 0 saturated carbocycles. The minimum absolute atomic E-state index is 0.0200. The molecule has 0 heterocycles. The molecule has 0 amide bonds. The van der Waals surface area contributed by atoms with E-state index in [1.54, 1.807) is 0 Å². The molecule has 0 aliphatic heterocycles. The van der Waals surface area contributed by atoms with Crippen molar-refractivity contribution in [1.82, 2.24) is 0 Å². The second-order valence-corrected chi connectivity index (χ2v) is 3.27. The average Bonchev–Trinajstić information content (AvgIpc) is 2.04. The van der Waals surface area contributed by atoms with Gasteiger partial charge in [0.15, 0.2) is 11.1 Å². The van der Waals surface area contributed by atoms with Gasteiger partial charge in [-0.3, -0.25) is 0 Å². The first-order valence-corrected chi connectivity index (χ1v) is 4.36. The molecule has 0 aromatic heterocycles. The molecule has 4 N–H and O–H groups in total. The molecular formula is C7H7NO4S. The van der Waals surface area contributed by atoms with Crippen molar-refractivity contribution >= 4 is 22.7 Å². The fourth-order valence-corrected chi connectivity index (χ4v) is 1.23. The summed E-state index contributed by atoms with van der Waals surface area (Å²) in [5, 5.41) is 8.61. The van der Waals surface area contributed by atoms with Crippen molar-refractivity contribution in [2.45, 2.75) is 4.90 Å². The van der Waals surface area contributed by atoms with Crippen molar-refractivity contribution in [1.29, 1.82) is 0 Å². The predicted molar refractivity (Wildman–Crippen MR) is 46.9 cm³/mol. The second kappa shape index (κ2) is 3.55. The van der Waals surface area contributed by atoms with Crippen LogP contribution in [0.15, 0.2) is 23.1 Å². The molecule has 1 atom stereocenters. The van der Waals surface area contributed by atoms with Crippen LogP contribution in [0.25, 0.3) is 0 Å². The third-order valence-corrected chi connectivity index (χ3v) is 2.11. The van der Waals surface area contributed by atoms with Gasteiger partial charge in [-0.05, 0) is 18.2 Å². The summed E-state index contributed by atoms with van der Waals surface area (Å²) in [6.07, 6.45) is 0. The first-order chi connectivity index (χ1) is 6.02. The minimum Gasteiger partial charge on any atom is -0.478 e. The van der Waals surface area contributed by atoms with Crippen molar-refractivity contribution in [2.75, 3.05) is 5.73 Å². The molecule has 1 unspecified atom stereocenters. The Balaban J connectivity index is 3.27. The number of hydrogen-bond donors (Lipinski definition) is 3. The van der Waals surface area contributed by atoms with Crippen LogP contribution in [0, 0.1) is 0 Å². The van der Waals surface area contributed by atoms with Crippen LogP contribution < -0.4 is 5.73 Å². The van der Waals surface area contributed by atoms with Gasteiger partial charge in [0.25, 0.3) is 0 Å². The van der Waals surface area contributed by atoms with Gasteiger partial charge in [0.2, 0.25) is 0 Å². The van der Waals surface area contributed by atoms with Crippen molar-refractivity contribution in [2.24, 2.45) is 0 Å². The predicted octanol–water partition coefficient (Wildman–Crippen LogP) is 0.548. The lowest BCUT2D eigenvalue weighted by Gasteiger charge is -2.01. The van der Waals surface area contributed by atoms with Crippen molar-refractivity contribution < 1.29 is 18.7 Å². The van der Waals surface area contributed by atoms with Crippen molar-refractivity contribution in [3.63, 3.8) is 0 Å². The second-order valence-electron chi connectivity index (χ2n) is 2.30. The molecule has 0 bridgehead atoms. The highest BCUT2D eigenvalue weighted by Crippen LogP contribution is 2.15. The number of carboxylic acid groups (broad SMARTS) is 1. The summed E-state index contributed by atoms with van der Waals surface area (Å²) < 4.78 is 19.2. The zero-order valence-corrected chi connectivity index (χ0v) is 7.25. The summed E-state index contributed by atoms with van der Waals surface area (Å²) in [4.78, 5) is 10.6. The molecule has 13 heavy (non-hydrogen) atoms. The summed E-state index contributed by atoms with van der Waals surface area (Å²) in [5.74, 6) is -1.22. The zero-order valence-electron chi connectivity index (χ0n) is 6.43. The Kier molecular flexibility index (Phi) is 2.64. The van der Waals surface area contributed by atoms with Crippen LogP contribution in [0.1, 0.15) is 10.4 Å². The van der Waals surface area contributed by atoms with Gasteiger partial charge in [0.05, 0.1) is 10.5 Å². The van der Waals surface area contributed by atoms with Gasteiger partial charge in [0.1, 0.15) is 0 Å². The Morgan fingerprint density at radius 1 is 1.46 bits per heavy atom. The van der Waals surface area contributed by atoms with E-state index in [9.17, 15) is 9.00 Å². The van der Waals surface area contributed by atoms with Gasteiger partial charge in [-0.25, -0.2) is 9.00 Å². The van der Waals surface area contributed by atoms with E-state index in [4.69, 9.17) is 15.4 Å². The molecule has 0 fully saturated rings. The first-order valence-electron chi connectivity index (χ1n) is 3.26. The SMILES string of the molecule is Nc1ccc(S(=O)O)cc1C(=O)O. The number of carbonyl (C=O) groups is 1. The Morgan fingerprint density at radius 3 is 2.54 bits per heavy atom. The first kappa shape index (κ1) is 9.69. The van der Waals surface area contributed by atoms with E-state index in [0.29, 0.717) is 0 Å². The van der Waals surface area contributed by atoms with Crippen LogP contribution in [-0.4, -0.2) is 19.8 Å². The van der Waals surface area contributed by atoms with E-state index in [1.165, 1.54) is 12.1 Å². The topological polar surface area (TPSA) is 101 Å². The fraction of sp³-hybridized carbons (Fsp3) is 0. The summed E-state index contributed by atoms with van der Waals surface area (Å²) in [7, 11) is 0. The molecular weight excluding hydrogens is 194 g/mol. The summed E-state index contributed by atoms with van der Waals surface area (Å²) in [6.45, 7) is 0. The highest BCUT2D eigenvalue weighted by atomic mass is 32.2. The van der Waals surface area contributed by atoms with Gasteiger partial charge in [-0.1, -0.05) is 0 Å². The standard InChI is InChI=1S/C7H7NO4S/c8-6-2-1-4(13(11)12)3-5(6)7(9)10/h1-3H,8H2,(H,9,10)(H,11,12). The lowest BCUT2D eigenvalue weighted by atomic mass is 10.2. The van der Waals surface area contributed by atoms with Crippen LogP contribution in [0.5, 0.6) is 0 Å². The van der Waals surface area contributed by atoms with Crippen LogP contribution in [-0.2, 0) is 11.1 Å². The Morgan fingerprint density at radius 2 is 2.08 bits per heavy atom. The Bertz CT molecular complexity index is 377. The minimum atomic E-state index is -2.18. The zero-order chi connectivity index (χ0) is 10.0. The fourth-order valence-electron chi connectivity index (χ4n) is 0.829. The van der Waals surface area contributed by atoms with Gasteiger partial charge in [-0.15, -0.1) is 0 Å². The molecule has 1 rings (SSSR count). The highest BCUT2D eigenvalue weighted by molar-refractivity contribution is 7.79. The molecule has 0 saturated heterocycles.